The van der Waals surface area contributed by atoms with Gasteiger partial charge in [-0.2, -0.15) is 0 Å². The molecule has 2 N–H and O–H groups in total. The number of nitrogens with two attached hydrogens (primary N) is 1. The molecule has 0 bridgehead atoms. The van der Waals surface area contributed by atoms with E-state index in [1.54, 1.807) is 0 Å². The fourth-order valence-corrected chi connectivity index (χ4v) is 3.60. The van der Waals surface area contributed by atoms with Crippen LogP contribution in [0.3, 0.4) is 0 Å². The second-order valence-corrected chi connectivity index (χ2v) is 7.17. The Morgan fingerprint density at radius 3 is 2.31 bits per heavy atom. The average molecular weight is 351 g/mol. The van der Waals surface area contributed by atoms with Crippen LogP contribution in [0.15, 0.2) is 60.7 Å². The fourth-order valence-electron chi connectivity index (χ4n) is 3.60. The van der Waals surface area contributed by atoms with Gasteiger partial charge in [0.2, 0.25) is 5.91 Å². The quantitative estimate of drug-likeness (QED) is 0.901. The van der Waals surface area contributed by atoms with Gasteiger partial charge in [-0.3, -0.25) is 9.69 Å². The molecule has 0 aromatic heterocycles. The van der Waals surface area contributed by atoms with Crippen molar-refractivity contribution in [3.05, 3.63) is 71.8 Å². The maximum Gasteiger partial charge on any atom is 0.227 e. The molecular weight excluding hydrogens is 322 g/mol. The summed E-state index contributed by atoms with van der Waals surface area (Å²) in [6.07, 6.45) is 1.01. The first-order valence-electron chi connectivity index (χ1n) is 9.51. The highest BCUT2D eigenvalue weighted by molar-refractivity contribution is 5.79. The molecule has 2 atom stereocenters. The minimum atomic E-state index is -0.257. The molecule has 4 nitrogen and oxygen atoms in total. The highest BCUT2D eigenvalue weighted by atomic mass is 16.2. The van der Waals surface area contributed by atoms with Crippen molar-refractivity contribution in [3.8, 4) is 0 Å². The molecule has 1 aliphatic heterocycles. The first-order chi connectivity index (χ1) is 12.6. The summed E-state index contributed by atoms with van der Waals surface area (Å²) in [6.45, 7) is 6.42. The van der Waals surface area contributed by atoms with Crippen LogP contribution in [0.25, 0.3) is 0 Å². The molecule has 0 radical (unpaired) electrons. The number of benzene rings is 2. The Morgan fingerprint density at radius 1 is 0.962 bits per heavy atom. The van der Waals surface area contributed by atoms with Gasteiger partial charge in [-0.25, -0.2) is 0 Å². The normalized spacial score (nSPS) is 18.2. The first kappa shape index (κ1) is 18.6. The van der Waals surface area contributed by atoms with Crippen molar-refractivity contribution < 1.29 is 4.79 Å². The number of rotatable bonds is 5. The van der Waals surface area contributed by atoms with E-state index in [2.05, 4.69) is 29.2 Å². The molecule has 26 heavy (non-hydrogen) atoms. The zero-order valence-electron chi connectivity index (χ0n) is 15.6. The van der Waals surface area contributed by atoms with Crippen LogP contribution in [0.4, 0.5) is 0 Å². The van der Waals surface area contributed by atoms with Crippen LogP contribution >= 0.6 is 0 Å². The Labute approximate surface area is 156 Å². The van der Waals surface area contributed by atoms with Gasteiger partial charge >= 0.3 is 0 Å². The van der Waals surface area contributed by atoms with Crippen molar-refractivity contribution >= 4 is 5.91 Å². The third-order valence-electron chi connectivity index (χ3n) is 5.26. The van der Waals surface area contributed by atoms with Crippen molar-refractivity contribution in [2.24, 2.45) is 11.7 Å². The summed E-state index contributed by atoms with van der Waals surface area (Å²) < 4.78 is 0. The average Bonchev–Trinajstić information content (AvgIpc) is 2.93. The Morgan fingerprint density at radius 2 is 1.62 bits per heavy atom. The van der Waals surface area contributed by atoms with Gasteiger partial charge in [0.15, 0.2) is 0 Å². The van der Waals surface area contributed by atoms with Crippen LogP contribution in [-0.2, 0) is 11.3 Å². The van der Waals surface area contributed by atoms with E-state index in [1.165, 1.54) is 5.56 Å². The lowest BCUT2D eigenvalue weighted by Crippen LogP contribution is -2.41. The molecule has 138 valence electrons. The van der Waals surface area contributed by atoms with Crippen LogP contribution in [0.5, 0.6) is 0 Å². The van der Waals surface area contributed by atoms with E-state index in [0.717, 1.165) is 44.7 Å². The van der Waals surface area contributed by atoms with Crippen molar-refractivity contribution in [2.75, 3.05) is 26.2 Å². The van der Waals surface area contributed by atoms with E-state index in [1.807, 2.05) is 48.2 Å². The third-order valence-corrected chi connectivity index (χ3v) is 5.26. The monoisotopic (exact) mass is 351 g/mol. The zero-order valence-corrected chi connectivity index (χ0v) is 15.6. The van der Waals surface area contributed by atoms with Gasteiger partial charge in [0.25, 0.3) is 0 Å². The molecule has 3 rings (SSSR count). The Balaban J connectivity index is 1.57. The highest BCUT2D eigenvalue weighted by Gasteiger charge is 2.28. The molecule has 2 aromatic rings. The minimum absolute atomic E-state index is 0.169. The lowest BCUT2D eigenvalue weighted by atomic mass is 9.94. The van der Waals surface area contributed by atoms with Crippen LogP contribution in [0.2, 0.25) is 0 Å². The number of hydrogen-bond donors (Lipinski definition) is 1. The molecule has 0 spiro atoms. The lowest BCUT2D eigenvalue weighted by molar-refractivity contribution is -0.135. The number of amides is 1. The van der Waals surface area contributed by atoms with Gasteiger partial charge in [-0.15, -0.1) is 0 Å². The number of carbonyl (C=O) groups is 1. The SMILES string of the molecule is CC(C(=O)N1CCCN(Cc2ccccc2)CC1)C(N)c1ccccc1. The molecule has 1 fully saturated rings. The van der Waals surface area contributed by atoms with Crippen molar-refractivity contribution in [1.82, 2.24) is 9.80 Å². The predicted octanol–water partition coefficient (Wildman–Crippen LogP) is 3.06. The van der Waals surface area contributed by atoms with Gasteiger partial charge in [-0.1, -0.05) is 67.6 Å². The minimum Gasteiger partial charge on any atom is -0.341 e. The smallest absolute Gasteiger partial charge is 0.227 e. The molecular formula is C22H29N3O. The molecule has 1 heterocycles. The maximum absolute atomic E-state index is 13.0. The fraction of sp³-hybridized carbons (Fsp3) is 0.409. The molecule has 1 aliphatic rings. The number of hydrogen-bond acceptors (Lipinski definition) is 3. The topological polar surface area (TPSA) is 49.6 Å². The van der Waals surface area contributed by atoms with Gasteiger partial charge in [0.05, 0.1) is 5.92 Å². The first-order valence-corrected chi connectivity index (χ1v) is 9.51. The van der Waals surface area contributed by atoms with E-state index < -0.39 is 0 Å². The van der Waals surface area contributed by atoms with Crippen LogP contribution < -0.4 is 5.73 Å². The highest BCUT2D eigenvalue weighted by Crippen LogP contribution is 2.22. The molecule has 0 aliphatic carbocycles. The van der Waals surface area contributed by atoms with Crippen molar-refractivity contribution in [3.63, 3.8) is 0 Å². The second kappa shape index (κ2) is 8.97. The Bertz CT molecular complexity index is 689. The van der Waals surface area contributed by atoms with Crippen molar-refractivity contribution in [2.45, 2.75) is 25.9 Å². The summed E-state index contributed by atoms with van der Waals surface area (Å²) in [5.74, 6) is -0.0408. The maximum atomic E-state index is 13.0. The zero-order chi connectivity index (χ0) is 18.4. The molecule has 2 unspecified atom stereocenters. The Hall–Kier alpha value is -2.17. The van der Waals surface area contributed by atoms with Crippen LogP contribution in [-0.4, -0.2) is 41.9 Å². The standard InChI is InChI=1S/C22H29N3O/c1-18(21(23)20-11-6-3-7-12-20)22(26)25-14-8-13-24(15-16-25)17-19-9-4-2-5-10-19/h2-7,9-12,18,21H,8,13-17,23H2,1H3. The van der Waals surface area contributed by atoms with Crippen molar-refractivity contribution in [1.29, 1.82) is 0 Å². The van der Waals surface area contributed by atoms with E-state index in [0.29, 0.717) is 0 Å². The molecule has 1 amide bonds. The van der Waals surface area contributed by atoms with Gasteiger partial charge in [0.1, 0.15) is 0 Å². The number of carbonyl (C=O) groups excluding carboxylic acids is 1. The van der Waals surface area contributed by atoms with Gasteiger partial charge in [0, 0.05) is 38.8 Å². The molecule has 1 saturated heterocycles. The van der Waals surface area contributed by atoms with E-state index in [-0.39, 0.29) is 17.9 Å². The lowest BCUT2D eigenvalue weighted by Gasteiger charge is -2.28. The second-order valence-electron chi connectivity index (χ2n) is 7.17. The molecule has 2 aromatic carbocycles. The van der Waals surface area contributed by atoms with E-state index >= 15 is 0 Å². The summed E-state index contributed by atoms with van der Waals surface area (Å²) >= 11 is 0. The third kappa shape index (κ3) is 4.71. The summed E-state index contributed by atoms with van der Waals surface area (Å²) in [5.41, 5.74) is 8.70. The van der Waals surface area contributed by atoms with Gasteiger partial charge in [-0.05, 0) is 17.5 Å². The summed E-state index contributed by atoms with van der Waals surface area (Å²) in [6, 6.07) is 20.2. The van der Waals surface area contributed by atoms with Crippen LogP contribution in [0.1, 0.15) is 30.5 Å². The Kier molecular flexibility index (Phi) is 6.42. The van der Waals surface area contributed by atoms with E-state index in [9.17, 15) is 4.79 Å². The number of nitrogens with zero attached hydrogens (tertiary/aromatic N) is 2. The molecule has 0 saturated carbocycles. The summed E-state index contributed by atoms with van der Waals surface area (Å²) in [7, 11) is 0. The summed E-state index contributed by atoms with van der Waals surface area (Å²) in [5, 5.41) is 0. The van der Waals surface area contributed by atoms with E-state index in [4.69, 9.17) is 5.73 Å². The van der Waals surface area contributed by atoms with Crippen LogP contribution in [0, 0.1) is 5.92 Å². The summed E-state index contributed by atoms with van der Waals surface area (Å²) in [4.78, 5) is 17.4. The van der Waals surface area contributed by atoms with Gasteiger partial charge < -0.3 is 10.6 Å². The predicted molar refractivity (Wildman–Crippen MR) is 105 cm³/mol. The largest absolute Gasteiger partial charge is 0.341 e. The molecule has 4 heteroatoms.